The van der Waals surface area contributed by atoms with E-state index in [0.717, 1.165) is 47.3 Å². The lowest BCUT2D eigenvalue weighted by atomic mass is 9.90. The molecular formula is C38H44N2. The summed E-state index contributed by atoms with van der Waals surface area (Å²) in [4.78, 5) is 7.20. The van der Waals surface area contributed by atoms with E-state index in [-0.39, 0.29) is 5.41 Å². The summed E-state index contributed by atoms with van der Waals surface area (Å²) in [5.41, 5.74) is 9.98. The van der Waals surface area contributed by atoms with Crippen LogP contribution in [0, 0.1) is 12.3 Å². The van der Waals surface area contributed by atoms with Gasteiger partial charge in [-0.3, -0.25) is 0 Å². The minimum absolute atomic E-state index is 0.117. The maximum atomic E-state index is 4.90. The Hall–Kier alpha value is -3.91. The van der Waals surface area contributed by atoms with Gasteiger partial charge in [0.2, 0.25) is 0 Å². The van der Waals surface area contributed by atoms with E-state index >= 15 is 0 Å². The molecule has 40 heavy (non-hydrogen) atoms. The van der Waals surface area contributed by atoms with E-state index in [4.69, 9.17) is 4.98 Å². The average molecular weight is 529 g/mol. The number of pyridine rings is 1. The van der Waals surface area contributed by atoms with Gasteiger partial charge in [0, 0.05) is 23.8 Å². The van der Waals surface area contributed by atoms with Gasteiger partial charge in [0.05, 0.1) is 0 Å². The van der Waals surface area contributed by atoms with Crippen molar-refractivity contribution in [3.05, 3.63) is 126 Å². The van der Waals surface area contributed by atoms with Crippen molar-refractivity contribution >= 4 is 22.7 Å². The Morgan fingerprint density at radius 3 is 2.27 bits per heavy atom. The van der Waals surface area contributed by atoms with Crippen LogP contribution in [-0.4, -0.2) is 4.98 Å². The van der Waals surface area contributed by atoms with Crippen molar-refractivity contribution in [3.63, 3.8) is 0 Å². The predicted molar refractivity (Wildman–Crippen MR) is 176 cm³/mol. The molecule has 2 heteroatoms. The lowest BCUT2D eigenvalue weighted by molar-refractivity contribution is 0.404. The molecule has 1 aromatic heterocycles. The van der Waals surface area contributed by atoms with Crippen LogP contribution in [0.3, 0.4) is 0 Å². The van der Waals surface area contributed by atoms with Crippen LogP contribution in [-0.2, 0) is 13.0 Å². The van der Waals surface area contributed by atoms with Gasteiger partial charge in [0.25, 0.3) is 0 Å². The zero-order valence-electron chi connectivity index (χ0n) is 25.2. The molecule has 3 aromatic carbocycles. The predicted octanol–water partition coefficient (Wildman–Crippen LogP) is 10.7. The van der Waals surface area contributed by atoms with Crippen LogP contribution in [0.2, 0.25) is 0 Å². The molecule has 0 spiro atoms. The van der Waals surface area contributed by atoms with Crippen LogP contribution in [0.15, 0.2) is 103 Å². The summed E-state index contributed by atoms with van der Waals surface area (Å²) in [6.45, 7) is 22.7. The first kappa shape index (κ1) is 29.1. The van der Waals surface area contributed by atoms with Crippen molar-refractivity contribution in [2.45, 2.75) is 67.3 Å². The van der Waals surface area contributed by atoms with E-state index in [1.165, 1.54) is 33.2 Å². The Morgan fingerprint density at radius 1 is 0.900 bits per heavy atom. The topological polar surface area (TPSA) is 16.1 Å². The highest BCUT2D eigenvalue weighted by molar-refractivity contribution is 5.94. The highest BCUT2D eigenvalue weighted by Gasteiger charge is 2.21. The number of benzene rings is 3. The molecule has 0 aliphatic heterocycles. The molecule has 0 bridgehead atoms. The standard InChI is InChI=1S/C38H44N2/c1-9-27(3)11-12-30-15-20-36-35(24-30)21-22-39-37(36)40(29(5)25-38(6,7)8)26-31-13-16-33(17-14-31)34-19-18-32(10-2)28(4)23-34/h11-24H,3,5,9-10,25-26H2,1-2,4,6-8H3/b12-11+. The highest BCUT2D eigenvalue weighted by Crippen LogP contribution is 2.34. The molecular weight excluding hydrogens is 484 g/mol. The number of rotatable bonds is 10. The fourth-order valence-corrected chi connectivity index (χ4v) is 5.13. The largest absolute Gasteiger partial charge is 0.326 e. The van der Waals surface area contributed by atoms with Gasteiger partial charge in [-0.15, -0.1) is 0 Å². The molecule has 0 amide bonds. The molecule has 1 heterocycles. The first-order chi connectivity index (χ1) is 19.1. The number of hydrogen-bond acceptors (Lipinski definition) is 2. The van der Waals surface area contributed by atoms with E-state index in [9.17, 15) is 0 Å². The van der Waals surface area contributed by atoms with Crippen molar-refractivity contribution in [1.29, 1.82) is 0 Å². The molecule has 0 saturated carbocycles. The number of aromatic nitrogens is 1. The van der Waals surface area contributed by atoms with Gasteiger partial charge in [-0.2, -0.15) is 0 Å². The molecule has 0 aliphatic carbocycles. The van der Waals surface area contributed by atoms with Crippen LogP contribution in [0.1, 0.15) is 69.7 Å². The van der Waals surface area contributed by atoms with Crippen molar-refractivity contribution in [3.8, 4) is 11.1 Å². The summed E-state index contributed by atoms with van der Waals surface area (Å²) in [7, 11) is 0. The Balaban J connectivity index is 1.68. The summed E-state index contributed by atoms with van der Waals surface area (Å²) >= 11 is 0. The lowest BCUT2D eigenvalue weighted by Gasteiger charge is -2.31. The number of allylic oxidation sites excluding steroid dienone is 3. The highest BCUT2D eigenvalue weighted by atomic mass is 15.2. The second-order valence-corrected chi connectivity index (χ2v) is 12.0. The number of fused-ring (bicyclic) bond motifs is 1. The van der Waals surface area contributed by atoms with Gasteiger partial charge in [-0.1, -0.05) is 120 Å². The van der Waals surface area contributed by atoms with Gasteiger partial charge in [-0.05, 0) is 82.5 Å². The summed E-state index contributed by atoms with van der Waals surface area (Å²) in [6, 6.07) is 24.4. The second kappa shape index (κ2) is 12.5. The molecule has 4 rings (SSSR count). The Kier molecular flexibility index (Phi) is 9.10. The average Bonchev–Trinajstić information content (AvgIpc) is 2.93. The third-order valence-electron chi connectivity index (χ3n) is 7.46. The van der Waals surface area contributed by atoms with Crippen LogP contribution < -0.4 is 4.90 Å². The molecule has 0 fully saturated rings. The van der Waals surface area contributed by atoms with E-state index in [0.29, 0.717) is 6.54 Å². The normalized spacial score (nSPS) is 11.8. The van der Waals surface area contributed by atoms with Crippen LogP contribution in [0.5, 0.6) is 0 Å². The zero-order chi connectivity index (χ0) is 28.9. The van der Waals surface area contributed by atoms with E-state index < -0.39 is 0 Å². The zero-order valence-corrected chi connectivity index (χ0v) is 25.2. The molecule has 206 valence electrons. The SMILES string of the molecule is C=C(/C=C/c1ccc2c(N(Cc3ccc(-c4ccc(CC)c(C)c4)cc3)C(=C)CC(C)(C)C)nccc2c1)CC. The van der Waals surface area contributed by atoms with Crippen molar-refractivity contribution in [2.24, 2.45) is 5.41 Å². The first-order valence-electron chi connectivity index (χ1n) is 14.5. The number of hydrogen-bond donors (Lipinski definition) is 0. The summed E-state index contributed by atoms with van der Waals surface area (Å²) < 4.78 is 0. The maximum Gasteiger partial charge on any atom is 0.140 e. The lowest BCUT2D eigenvalue weighted by Crippen LogP contribution is -2.25. The van der Waals surface area contributed by atoms with Gasteiger partial charge in [-0.25, -0.2) is 4.98 Å². The van der Waals surface area contributed by atoms with Gasteiger partial charge < -0.3 is 4.90 Å². The van der Waals surface area contributed by atoms with E-state index in [1.807, 2.05) is 6.20 Å². The molecule has 0 radical (unpaired) electrons. The molecule has 4 aromatic rings. The third-order valence-corrected chi connectivity index (χ3v) is 7.46. The molecule has 0 saturated heterocycles. The van der Waals surface area contributed by atoms with Gasteiger partial charge >= 0.3 is 0 Å². The smallest absolute Gasteiger partial charge is 0.140 e. The fraction of sp³-hybridized carbons (Fsp3) is 0.289. The number of aryl methyl sites for hydroxylation is 2. The Bertz CT molecular complexity index is 1530. The molecule has 2 nitrogen and oxygen atoms in total. The monoisotopic (exact) mass is 528 g/mol. The van der Waals surface area contributed by atoms with Crippen LogP contribution >= 0.6 is 0 Å². The van der Waals surface area contributed by atoms with Gasteiger partial charge in [0.1, 0.15) is 5.82 Å². The maximum absolute atomic E-state index is 4.90. The summed E-state index contributed by atoms with van der Waals surface area (Å²) in [5.74, 6) is 0.954. The molecule has 0 N–H and O–H groups in total. The Labute approximate surface area is 241 Å². The molecule has 0 aliphatic rings. The van der Waals surface area contributed by atoms with E-state index in [1.54, 1.807) is 0 Å². The van der Waals surface area contributed by atoms with E-state index in [2.05, 4.69) is 138 Å². The molecule has 0 atom stereocenters. The quantitative estimate of drug-likeness (QED) is 0.190. The summed E-state index contributed by atoms with van der Waals surface area (Å²) in [5, 5.41) is 2.30. The van der Waals surface area contributed by atoms with Crippen molar-refractivity contribution < 1.29 is 0 Å². The third kappa shape index (κ3) is 7.18. The number of nitrogens with zero attached hydrogens (tertiary/aromatic N) is 2. The minimum Gasteiger partial charge on any atom is -0.326 e. The molecule has 0 unspecified atom stereocenters. The fourth-order valence-electron chi connectivity index (χ4n) is 5.13. The second-order valence-electron chi connectivity index (χ2n) is 12.0. The van der Waals surface area contributed by atoms with Crippen molar-refractivity contribution in [1.82, 2.24) is 4.98 Å². The van der Waals surface area contributed by atoms with Gasteiger partial charge in [0.15, 0.2) is 0 Å². The van der Waals surface area contributed by atoms with Crippen molar-refractivity contribution in [2.75, 3.05) is 4.90 Å². The number of anilines is 1. The first-order valence-corrected chi connectivity index (χ1v) is 14.5. The Morgan fingerprint density at radius 2 is 1.62 bits per heavy atom. The minimum atomic E-state index is 0.117. The van der Waals surface area contributed by atoms with Crippen LogP contribution in [0.25, 0.3) is 28.0 Å². The summed E-state index contributed by atoms with van der Waals surface area (Å²) in [6.07, 6.45) is 9.05. The van der Waals surface area contributed by atoms with Crippen LogP contribution in [0.4, 0.5) is 5.82 Å².